The first-order valence-corrected chi connectivity index (χ1v) is 13.0. The van der Waals surface area contributed by atoms with E-state index in [9.17, 15) is 14.4 Å². The Labute approximate surface area is 209 Å². The first kappa shape index (κ1) is 24.5. The molecule has 2 aliphatic heterocycles. The van der Waals surface area contributed by atoms with Gasteiger partial charge in [0.1, 0.15) is 4.32 Å². The Kier molecular flexibility index (Phi) is 7.14. The number of para-hydroxylation sites is 1. The van der Waals surface area contributed by atoms with Gasteiger partial charge in [-0.25, -0.2) is 0 Å². The number of thioether (sulfide) groups is 1. The van der Waals surface area contributed by atoms with Crippen LogP contribution in [0.2, 0.25) is 0 Å². The minimum atomic E-state index is -0.278. The zero-order chi connectivity index (χ0) is 24.6. The molecule has 2 aliphatic rings. The maximum atomic E-state index is 13.7. The molecule has 9 heteroatoms. The Morgan fingerprint density at radius 1 is 1.24 bits per heavy atom. The standard InChI is InChI=1S/C25H30N4O3S2/c1-4-15(3)29-24(32)20(34-25(29)33)14-18-21(27-12-10-16(11-13-27)22(26)30)17-8-6-7-9-19(17)28(5-2)23(18)31/h6-9,14-16H,4-5,10-13H2,1-3H3,(H2,26,30). The van der Waals surface area contributed by atoms with Crippen LogP contribution in [-0.4, -0.2) is 44.7 Å². The SMILES string of the molecule is CCC(C)N1C(=O)C(=Cc2c(N3CCC(C(N)=O)CC3)c3ccccc3n(CC)c2=O)SC1=S. The molecule has 0 aliphatic carbocycles. The summed E-state index contributed by atoms with van der Waals surface area (Å²) in [4.78, 5) is 43.0. The van der Waals surface area contributed by atoms with Gasteiger partial charge in [-0.2, -0.15) is 0 Å². The molecule has 0 saturated carbocycles. The number of fused-ring (bicyclic) bond motifs is 1. The maximum Gasteiger partial charge on any atom is 0.266 e. The highest BCUT2D eigenvalue weighted by atomic mass is 32.2. The number of benzene rings is 1. The smallest absolute Gasteiger partial charge is 0.266 e. The molecule has 1 aromatic heterocycles. The number of nitrogens with two attached hydrogens (primary N) is 1. The largest absolute Gasteiger partial charge is 0.370 e. The molecule has 1 aromatic carbocycles. The number of primary amides is 1. The number of aryl methyl sites for hydroxylation is 1. The molecular formula is C25H30N4O3S2. The number of hydrogen-bond acceptors (Lipinski definition) is 6. The third-order valence-corrected chi connectivity index (χ3v) is 8.17. The first-order valence-electron chi connectivity index (χ1n) is 11.7. The van der Waals surface area contributed by atoms with Crippen LogP contribution in [0.15, 0.2) is 34.0 Å². The number of amides is 2. The molecule has 2 fully saturated rings. The summed E-state index contributed by atoms with van der Waals surface area (Å²) in [6.07, 6.45) is 3.78. The summed E-state index contributed by atoms with van der Waals surface area (Å²) < 4.78 is 2.27. The van der Waals surface area contributed by atoms with Gasteiger partial charge >= 0.3 is 0 Å². The molecule has 34 heavy (non-hydrogen) atoms. The van der Waals surface area contributed by atoms with Gasteiger partial charge < -0.3 is 15.2 Å². The number of hydrogen-bond donors (Lipinski definition) is 1. The molecule has 0 spiro atoms. The minimum absolute atomic E-state index is 0.00500. The van der Waals surface area contributed by atoms with Crippen molar-refractivity contribution in [2.75, 3.05) is 18.0 Å². The van der Waals surface area contributed by atoms with Crippen molar-refractivity contribution in [1.29, 1.82) is 0 Å². The maximum absolute atomic E-state index is 13.7. The second-order valence-electron chi connectivity index (χ2n) is 8.80. The van der Waals surface area contributed by atoms with Crippen LogP contribution in [0.5, 0.6) is 0 Å². The minimum Gasteiger partial charge on any atom is -0.370 e. The average Bonchev–Trinajstić information content (AvgIpc) is 3.11. The van der Waals surface area contributed by atoms with E-state index in [0.29, 0.717) is 47.3 Å². The lowest BCUT2D eigenvalue weighted by Gasteiger charge is -2.34. The van der Waals surface area contributed by atoms with Gasteiger partial charge in [0, 0.05) is 37.0 Å². The van der Waals surface area contributed by atoms with Crippen molar-refractivity contribution < 1.29 is 9.59 Å². The normalized spacial score (nSPS) is 19.4. The number of aromatic nitrogens is 1. The molecule has 4 rings (SSSR count). The number of pyridine rings is 1. The van der Waals surface area contributed by atoms with Crippen LogP contribution in [0.25, 0.3) is 17.0 Å². The lowest BCUT2D eigenvalue weighted by atomic mass is 9.94. The molecule has 7 nitrogen and oxygen atoms in total. The van der Waals surface area contributed by atoms with E-state index in [2.05, 4.69) is 4.90 Å². The molecule has 0 radical (unpaired) electrons. The zero-order valence-corrected chi connectivity index (χ0v) is 21.4. The van der Waals surface area contributed by atoms with Gasteiger partial charge in [-0.3, -0.25) is 19.3 Å². The van der Waals surface area contributed by atoms with Crippen LogP contribution in [0.1, 0.15) is 45.6 Å². The Morgan fingerprint density at radius 2 is 1.91 bits per heavy atom. The fraction of sp³-hybridized carbons (Fsp3) is 0.440. The number of rotatable bonds is 6. The fourth-order valence-electron chi connectivity index (χ4n) is 4.76. The molecule has 0 bridgehead atoms. The zero-order valence-electron chi connectivity index (χ0n) is 19.7. The quantitative estimate of drug-likeness (QED) is 0.482. The van der Waals surface area contributed by atoms with Crippen LogP contribution in [-0.2, 0) is 16.1 Å². The van der Waals surface area contributed by atoms with Gasteiger partial charge in [0.2, 0.25) is 5.91 Å². The van der Waals surface area contributed by atoms with Crippen LogP contribution in [0.4, 0.5) is 5.69 Å². The van der Waals surface area contributed by atoms with Gasteiger partial charge in [-0.1, -0.05) is 49.1 Å². The van der Waals surface area contributed by atoms with Crippen LogP contribution in [0.3, 0.4) is 0 Å². The Bertz CT molecular complexity index is 1240. The molecule has 1 atom stereocenters. The van der Waals surface area contributed by atoms with Crippen molar-refractivity contribution >= 4 is 62.8 Å². The van der Waals surface area contributed by atoms with Crippen molar-refractivity contribution in [2.45, 2.75) is 52.6 Å². The molecular weight excluding hydrogens is 468 g/mol. The van der Waals surface area contributed by atoms with Gasteiger partial charge in [-0.15, -0.1) is 0 Å². The van der Waals surface area contributed by atoms with Gasteiger partial charge in [-0.05, 0) is 45.3 Å². The van der Waals surface area contributed by atoms with Gasteiger partial charge in [0.05, 0.1) is 21.7 Å². The summed E-state index contributed by atoms with van der Waals surface area (Å²) in [7, 11) is 0. The van der Waals surface area contributed by atoms with E-state index in [1.165, 1.54) is 11.8 Å². The molecule has 3 heterocycles. The highest BCUT2D eigenvalue weighted by Gasteiger charge is 2.36. The van der Waals surface area contributed by atoms with Crippen molar-refractivity contribution in [2.24, 2.45) is 11.7 Å². The molecule has 2 aromatic rings. The molecule has 1 unspecified atom stereocenters. The predicted octanol–water partition coefficient (Wildman–Crippen LogP) is 3.72. The van der Waals surface area contributed by atoms with Crippen molar-refractivity contribution in [3.05, 3.63) is 45.1 Å². The highest BCUT2D eigenvalue weighted by Crippen LogP contribution is 2.38. The molecule has 2 N–H and O–H groups in total. The number of nitrogens with zero attached hydrogens (tertiary/aromatic N) is 3. The first-order chi connectivity index (χ1) is 16.3. The lowest BCUT2D eigenvalue weighted by molar-refractivity contribution is -0.123. The van der Waals surface area contributed by atoms with Crippen molar-refractivity contribution in [3.63, 3.8) is 0 Å². The van der Waals surface area contributed by atoms with E-state index in [4.69, 9.17) is 18.0 Å². The van der Waals surface area contributed by atoms with E-state index in [0.717, 1.165) is 23.0 Å². The topological polar surface area (TPSA) is 88.6 Å². The summed E-state index contributed by atoms with van der Waals surface area (Å²) in [6, 6.07) is 7.84. The number of carbonyl (C=O) groups excluding carboxylic acids is 2. The monoisotopic (exact) mass is 498 g/mol. The number of anilines is 1. The number of thiocarbonyl (C=S) groups is 1. The summed E-state index contributed by atoms with van der Waals surface area (Å²) in [5.74, 6) is -0.591. The van der Waals surface area contributed by atoms with Gasteiger partial charge in [0.25, 0.3) is 11.5 Å². The molecule has 2 amide bonds. The van der Waals surface area contributed by atoms with E-state index in [-0.39, 0.29) is 29.3 Å². The Hall–Kier alpha value is -2.65. The van der Waals surface area contributed by atoms with Crippen molar-refractivity contribution in [3.8, 4) is 0 Å². The second kappa shape index (κ2) is 9.92. The Balaban J connectivity index is 1.89. The molecule has 2 saturated heterocycles. The van der Waals surface area contributed by atoms with Crippen LogP contribution >= 0.6 is 24.0 Å². The Morgan fingerprint density at radius 3 is 2.53 bits per heavy atom. The van der Waals surface area contributed by atoms with E-state index in [1.807, 2.05) is 45.0 Å². The number of piperidine rings is 1. The van der Waals surface area contributed by atoms with E-state index < -0.39 is 0 Å². The lowest BCUT2D eigenvalue weighted by Crippen LogP contribution is -2.40. The summed E-state index contributed by atoms with van der Waals surface area (Å²) >= 11 is 6.75. The third-order valence-electron chi connectivity index (χ3n) is 6.84. The summed E-state index contributed by atoms with van der Waals surface area (Å²) in [6.45, 7) is 7.67. The molecule has 180 valence electrons. The van der Waals surface area contributed by atoms with E-state index in [1.54, 1.807) is 15.5 Å². The second-order valence-corrected chi connectivity index (χ2v) is 10.5. The summed E-state index contributed by atoms with van der Waals surface area (Å²) in [5.41, 5.74) is 7.55. The predicted molar refractivity (Wildman–Crippen MR) is 143 cm³/mol. The third kappa shape index (κ3) is 4.27. The van der Waals surface area contributed by atoms with Gasteiger partial charge in [0.15, 0.2) is 0 Å². The van der Waals surface area contributed by atoms with Crippen molar-refractivity contribution in [1.82, 2.24) is 9.47 Å². The summed E-state index contributed by atoms with van der Waals surface area (Å²) in [5, 5.41) is 0.949. The average molecular weight is 499 g/mol. The highest BCUT2D eigenvalue weighted by molar-refractivity contribution is 8.26. The fourth-order valence-corrected chi connectivity index (χ4v) is 6.20. The number of carbonyl (C=O) groups is 2. The van der Waals surface area contributed by atoms with Crippen LogP contribution in [0, 0.1) is 5.92 Å². The van der Waals surface area contributed by atoms with E-state index >= 15 is 0 Å². The van der Waals surface area contributed by atoms with Crippen LogP contribution < -0.4 is 16.2 Å².